The lowest BCUT2D eigenvalue weighted by Gasteiger charge is -2.45. The Balaban J connectivity index is 1.83. The Morgan fingerprint density at radius 1 is 0.976 bits per heavy atom. The van der Waals surface area contributed by atoms with Gasteiger partial charge in [0.1, 0.15) is 15.6 Å². The van der Waals surface area contributed by atoms with E-state index in [0.29, 0.717) is 37.2 Å². The van der Waals surface area contributed by atoms with Crippen LogP contribution in [0.3, 0.4) is 0 Å². The van der Waals surface area contributed by atoms with Crippen LogP contribution >= 0.6 is 35.7 Å². The minimum absolute atomic E-state index is 0.0573. The van der Waals surface area contributed by atoms with Crippen molar-refractivity contribution in [1.82, 2.24) is 0 Å². The van der Waals surface area contributed by atoms with Gasteiger partial charge in [-0.25, -0.2) is 9.59 Å². The maximum Gasteiger partial charge on any atom is 0.346 e. The van der Waals surface area contributed by atoms with Gasteiger partial charge in [0, 0.05) is 29.3 Å². The van der Waals surface area contributed by atoms with Crippen LogP contribution in [0, 0.1) is 10.1 Å². The van der Waals surface area contributed by atoms with Gasteiger partial charge in [-0.1, -0.05) is 47.9 Å². The first kappa shape index (κ1) is 30.0. The summed E-state index contributed by atoms with van der Waals surface area (Å²) in [4.78, 5) is 51.4. The van der Waals surface area contributed by atoms with Gasteiger partial charge in [0.05, 0.1) is 46.6 Å². The van der Waals surface area contributed by atoms with Crippen LogP contribution in [0.25, 0.3) is 11.6 Å². The van der Waals surface area contributed by atoms with Crippen molar-refractivity contribution in [2.24, 2.45) is 0 Å². The highest BCUT2D eigenvalue weighted by molar-refractivity contribution is 8.29. The highest BCUT2D eigenvalue weighted by Gasteiger charge is 2.47. The zero-order chi connectivity index (χ0) is 30.1. The van der Waals surface area contributed by atoms with Crippen molar-refractivity contribution in [3.63, 3.8) is 0 Å². The third-order valence-corrected chi connectivity index (χ3v) is 9.60. The lowest BCUT2D eigenvalue weighted by Crippen LogP contribution is -2.55. The van der Waals surface area contributed by atoms with Gasteiger partial charge >= 0.3 is 11.9 Å². The molecule has 2 aromatic rings. The molecular weight excluding hydrogens is 589 g/mol. The molecule has 0 aromatic heterocycles. The largest absolute Gasteiger partial charge is 0.495 e. The lowest BCUT2D eigenvalue weighted by molar-refractivity contribution is -0.384. The molecule has 41 heavy (non-hydrogen) atoms. The van der Waals surface area contributed by atoms with Gasteiger partial charge in [0.25, 0.3) is 11.6 Å². The molecule has 0 aliphatic carbocycles. The molecule has 212 valence electrons. The van der Waals surface area contributed by atoms with Gasteiger partial charge in [0.2, 0.25) is 0 Å². The average molecular weight is 613 g/mol. The summed E-state index contributed by atoms with van der Waals surface area (Å²) >= 11 is 8.09. The van der Waals surface area contributed by atoms with Crippen molar-refractivity contribution in [2.45, 2.75) is 19.4 Å². The van der Waals surface area contributed by atoms with Crippen molar-refractivity contribution in [2.75, 3.05) is 26.2 Å². The normalized spacial score (nSPS) is 16.1. The molecule has 2 aliphatic rings. The number of nitro groups is 1. The molecule has 13 heteroatoms. The summed E-state index contributed by atoms with van der Waals surface area (Å²) in [5.41, 5.74) is 1.10. The first-order valence-electron chi connectivity index (χ1n) is 12.0. The Hall–Kier alpha value is -3.94. The van der Waals surface area contributed by atoms with Gasteiger partial charge in [-0.15, -0.1) is 0 Å². The SMILES string of the molecule is COC(=O)C1=C(C(=O)OC)SC(=C2C(=S)C(C)(C)N(C(=O)/C=C/c3ccc([N+](=O)[O-])cc3)c3c(OC)cccc32)S1. The molecule has 1 amide bonds. The number of esters is 2. The number of methoxy groups -OCH3 is 3. The lowest BCUT2D eigenvalue weighted by atomic mass is 9.83. The number of non-ortho nitro benzene ring substituents is 1. The number of thioether (sulfide) groups is 2. The molecule has 0 saturated carbocycles. The van der Waals surface area contributed by atoms with Crippen LogP contribution in [0.4, 0.5) is 11.4 Å². The molecule has 10 nitrogen and oxygen atoms in total. The van der Waals surface area contributed by atoms with Crippen LogP contribution in [-0.4, -0.2) is 54.5 Å². The summed E-state index contributed by atoms with van der Waals surface area (Å²) in [7, 11) is 3.94. The number of benzene rings is 2. The highest BCUT2D eigenvalue weighted by atomic mass is 32.2. The standard InChI is InChI=1S/C28H24N2O8S3/c1-28(2)24(39)20(27-40-22(25(32)37-4)23(41-27)26(33)38-5)17-7-6-8-18(36-3)21(17)29(28)19(31)14-11-15-9-12-16(13-10-15)30(34)35/h6-14H,1-5H3/b14-11+. The van der Waals surface area contributed by atoms with E-state index in [9.17, 15) is 24.5 Å². The third-order valence-electron chi connectivity index (χ3n) is 6.34. The van der Waals surface area contributed by atoms with E-state index in [1.165, 1.54) is 44.4 Å². The summed E-state index contributed by atoms with van der Waals surface area (Å²) in [5.74, 6) is -1.35. The fraction of sp³-hybridized carbons (Fsp3) is 0.214. The Labute approximate surface area is 249 Å². The molecular formula is C28H24N2O8S3. The summed E-state index contributed by atoms with van der Waals surface area (Å²) in [6, 6.07) is 11.1. The molecule has 0 unspecified atom stereocenters. The Bertz CT molecular complexity index is 1550. The Kier molecular flexibility index (Phi) is 8.71. The molecule has 0 radical (unpaired) electrons. The van der Waals surface area contributed by atoms with Crippen LogP contribution in [0.5, 0.6) is 5.75 Å². The Morgan fingerprint density at radius 2 is 1.56 bits per heavy atom. The number of amides is 1. The average Bonchev–Trinajstić information content (AvgIpc) is 3.40. The van der Waals surface area contributed by atoms with Gasteiger partial charge in [-0.3, -0.25) is 19.8 Å². The van der Waals surface area contributed by atoms with E-state index < -0.39 is 28.3 Å². The molecule has 2 aromatic carbocycles. The number of fused-ring (bicyclic) bond motifs is 1. The van der Waals surface area contributed by atoms with Crippen molar-refractivity contribution in [3.05, 3.63) is 83.8 Å². The molecule has 0 atom stereocenters. The highest BCUT2D eigenvalue weighted by Crippen LogP contribution is 2.57. The molecule has 2 heterocycles. The second-order valence-electron chi connectivity index (χ2n) is 9.11. The smallest absolute Gasteiger partial charge is 0.346 e. The van der Waals surface area contributed by atoms with Crippen LogP contribution in [0.1, 0.15) is 25.0 Å². The van der Waals surface area contributed by atoms with Crippen LogP contribution in [0.15, 0.2) is 62.6 Å². The van der Waals surface area contributed by atoms with E-state index in [-0.39, 0.29) is 15.5 Å². The predicted octanol–water partition coefficient (Wildman–Crippen LogP) is 5.52. The predicted molar refractivity (Wildman–Crippen MR) is 162 cm³/mol. The van der Waals surface area contributed by atoms with E-state index >= 15 is 0 Å². The molecule has 0 saturated heterocycles. The number of anilines is 1. The van der Waals surface area contributed by atoms with E-state index in [0.717, 1.165) is 23.5 Å². The third kappa shape index (κ3) is 5.52. The van der Waals surface area contributed by atoms with Crippen molar-refractivity contribution in [1.29, 1.82) is 0 Å². The second-order valence-corrected chi connectivity index (χ2v) is 11.8. The Morgan fingerprint density at radius 3 is 2.07 bits per heavy atom. The number of hydrogen-bond acceptors (Lipinski definition) is 11. The number of carbonyl (C=O) groups excluding carboxylic acids is 3. The number of rotatable bonds is 6. The summed E-state index contributed by atoms with van der Waals surface area (Å²) in [6.07, 6.45) is 2.93. The summed E-state index contributed by atoms with van der Waals surface area (Å²) < 4.78 is 16.0. The van der Waals surface area contributed by atoms with Crippen molar-refractivity contribution in [3.8, 4) is 5.75 Å². The maximum atomic E-state index is 13.8. The molecule has 0 spiro atoms. The van der Waals surface area contributed by atoms with Gasteiger partial charge in [-0.05, 0) is 43.7 Å². The number of carbonyl (C=O) groups is 3. The first-order chi connectivity index (χ1) is 19.5. The topological polar surface area (TPSA) is 125 Å². The van der Waals surface area contributed by atoms with E-state index in [4.69, 9.17) is 26.4 Å². The maximum absolute atomic E-state index is 13.8. The van der Waals surface area contributed by atoms with Gasteiger partial charge < -0.3 is 14.2 Å². The minimum atomic E-state index is -1.06. The van der Waals surface area contributed by atoms with Crippen molar-refractivity contribution < 1.29 is 33.5 Å². The molecule has 0 bridgehead atoms. The van der Waals surface area contributed by atoms with Crippen LogP contribution < -0.4 is 9.64 Å². The van der Waals surface area contributed by atoms with E-state index in [2.05, 4.69) is 0 Å². The van der Waals surface area contributed by atoms with Crippen LogP contribution in [0.2, 0.25) is 0 Å². The number of para-hydroxylation sites is 1. The number of ether oxygens (including phenoxy) is 3. The quantitative estimate of drug-likeness (QED) is 0.135. The van der Waals surface area contributed by atoms with Gasteiger partial charge in [0.15, 0.2) is 0 Å². The fourth-order valence-electron chi connectivity index (χ4n) is 4.32. The van der Waals surface area contributed by atoms with E-state index in [1.807, 2.05) is 0 Å². The molecule has 0 N–H and O–H groups in total. The zero-order valence-corrected chi connectivity index (χ0v) is 25.0. The molecule has 2 aliphatic heterocycles. The summed E-state index contributed by atoms with van der Waals surface area (Å²) in [6.45, 7) is 3.59. The monoisotopic (exact) mass is 612 g/mol. The van der Waals surface area contributed by atoms with Crippen molar-refractivity contribution >= 4 is 81.5 Å². The molecule has 0 fully saturated rings. The zero-order valence-electron chi connectivity index (χ0n) is 22.6. The fourth-order valence-corrected chi connectivity index (χ4v) is 7.35. The molecule has 4 rings (SSSR count). The minimum Gasteiger partial charge on any atom is -0.495 e. The van der Waals surface area contributed by atoms with Gasteiger partial charge in [-0.2, -0.15) is 0 Å². The number of hydrogen-bond donors (Lipinski definition) is 0. The first-order valence-corrected chi connectivity index (χ1v) is 14.0. The number of nitrogens with zero attached hydrogens (tertiary/aromatic N) is 2. The number of thiocarbonyl (C=S) groups is 1. The summed E-state index contributed by atoms with van der Waals surface area (Å²) in [5, 5.41) is 11.0. The van der Waals surface area contributed by atoms with E-state index in [1.54, 1.807) is 50.3 Å². The number of nitro benzene ring substituents is 1. The second kappa shape index (κ2) is 11.9. The van der Waals surface area contributed by atoms with Crippen LogP contribution in [-0.2, 0) is 23.9 Å².